The molecule has 1 aliphatic rings. The molecule has 4 nitrogen and oxygen atoms in total. The predicted octanol–water partition coefficient (Wildman–Crippen LogP) is 3.38. The van der Waals surface area contributed by atoms with Crippen LogP contribution in [0.25, 0.3) is 0 Å². The number of hydrogen-bond acceptors (Lipinski definition) is 3. The van der Waals surface area contributed by atoms with Crippen molar-refractivity contribution in [1.29, 1.82) is 0 Å². The summed E-state index contributed by atoms with van der Waals surface area (Å²) in [5.41, 5.74) is 1.92. The quantitative estimate of drug-likeness (QED) is 0.487. The Kier molecular flexibility index (Phi) is 4.78. The number of amidine groups is 1. The summed E-state index contributed by atoms with van der Waals surface area (Å²) in [7, 11) is 3.90. The van der Waals surface area contributed by atoms with E-state index in [1.807, 2.05) is 37.4 Å². The third-order valence-electron chi connectivity index (χ3n) is 3.10. The number of rotatable bonds is 1. The molecule has 0 unspecified atom stereocenters. The summed E-state index contributed by atoms with van der Waals surface area (Å²) in [6.45, 7) is 4.18. The molecule has 2 rings (SSSR count). The minimum Gasteiger partial charge on any atom is -0.485 e. The van der Waals surface area contributed by atoms with Gasteiger partial charge in [0.1, 0.15) is 11.4 Å². The molecule has 1 N–H and O–H groups in total. The summed E-state index contributed by atoms with van der Waals surface area (Å²) >= 11 is 6.89. The molecule has 6 heteroatoms. The predicted molar refractivity (Wildman–Crippen MR) is 95.7 cm³/mol. The third-order valence-corrected chi connectivity index (χ3v) is 4.11. The molecule has 1 aliphatic heterocycles. The van der Waals surface area contributed by atoms with Crippen molar-refractivity contribution >= 4 is 39.9 Å². The van der Waals surface area contributed by atoms with E-state index in [2.05, 4.69) is 30.2 Å². The van der Waals surface area contributed by atoms with Crippen LogP contribution in [0.5, 0.6) is 5.75 Å². The fourth-order valence-corrected chi connectivity index (χ4v) is 3.07. The average molecular weight is 323 g/mol. The van der Waals surface area contributed by atoms with Crippen molar-refractivity contribution in [3.8, 4) is 5.75 Å². The summed E-state index contributed by atoms with van der Waals surface area (Å²) in [6, 6.07) is 6.07. The highest BCUT2D eigenvalue weighted by atomic mass is 32.2. The molecule has 0 saturated heterocycles. The van der Waals surface area contributed by atoms with E-state index in [0.29, 0.717) is 5.11 Å². The topological polar surface area (TPSA) is 36.9 Å². The van der Waals surface area contributed by atoms with Crippen LogP contribution in [0.1, 0.15) is 19.4 Å². The van der Waals surface area contributed by atoms with Gasteiger partial charge in [0, 0.05) is 26.1 Å². The first kappa shape index (κ1) is 16.1. The lowest BCUT2D eigenvalue weighted by Crippen LogP contribution is -2.25. The van der Waals surface area contributed by atoms with Gasteiger partial charge in [-0.25, -0.2) is 0 Å². The molecule has 1 aromatic carbocycles. The molecule has 0 bridgehead atoms. The molecule has 0 amide bonds. The van der Waals surface area contributed by atoms with Crippen molar-refractivity contribution in [3.63, 3.8) is 0 Å². The van der Waals surface area contributed by atoms with Crippen molar-refractivity contribution in [2.45, 2.75) is 25.9 Å². The molecule has 0 aromatic heterocycles. The second-order valence-corrected chi connectivity index (χ2v) is 6.92. The number of fused-ring (bicyclic) bond motifs is 1. The van der Waals surface area contributed by atoms with Crippen LogP contribution in [0.15, 0.2) is 23.2 Å². The molecule has 0 radical (unpaired) electrons. The van der Waals surface area contributed by atoms with Gasteiger partial charge in [-0.2, -0.15) is 4.99 Å². The summed E-state index contributed by atoms with van der Waals surface area (Å²) in [4.78, 5) is 6.36. The minimum absolute atomic E-state index is 0.168. The highest BCUT2D eigenvalue weighted by Gasteiger charge is 2.31. The monoisotopic (exact) mass is 323 g/mol. The Morgan fingerprint density at radius 2 is 2.14 bits per heavy atom. The van der Waals surface area contributed by atoms with Crippen LogP contribution < -0.4 is 10.1 Å². The molecule has 0 atom stereocenters. The Morgan fingerprint density at radius 1 is 1.43 bits per heavy atom. The number of ether oxygens (including phenoxy) is 1. The maximum atomic E-state index is 6.02. The number of hydrogen-bond donors (Lipinski definition) is 1. The molecular formula is C15H21N3OS2. The van der Waals surface area contributed by atoms with Gasteiger partial charge in [0.2, 0.25) is 0 Å². The molecule has 0 aliphatic carbocycles. The van der Waals surface area contributed by atoms with Gasteiger partial charge in [0.15, 0.2) is 10.3 Å². The van der Waals surface area contributed by atoms with Gasteiger partial charge in [-0.1, -0.05) is 23.9 Å². The van der Waals surface area contributed by atoms with Crippen molar-refractivity contribution in [1.82, 2.24) is 4.90 Å². The zero-order chi connectivity index (χ0) is 15.6. The molecule has 21 heavy (non-hydrogen) atoms. The molecular weight excluding hydrogens is 302 g/mol. The Hall–Kier alpha value is -1.27. The zero-order valence-corrected chi connectivity index (χ0v) is 14.7. The molecule has 114 valence electrons. The summed E-state index contributed by atoms with van der Waals surface area (Å²) in [5.74, 6) is 0.885. The Morgan fingerprint density at radius 3 is 2.76 bits per heavy atom. The Labute approximate surface area is 136 Å². The number of para-hydroxylation sites is 1. The van der Waals surface area contributed by atoms with Gasteiger partial charge < -0.3 is 15.0 Å². The van der Waals surface area contributed by atoms with Crippen LogP contribution in [0, 0.1) is 0 Å². The Balaban J connectivity index is 2.19. The second-order valence-electron chi connectivity index (χ2n) is 5.76. The lowest BCUT2D eigenvalue weighted by molar-refractivity contribution is 0.139. The van der Waals surface area contributed by atoms with Gasteiger partial charge in [0.25, 0.3) is 0 Å². The lowest BCUT2D eigenvalue weighted by Gasteiger charge is -2.18. The second kappa shape index (κ2) is 6.23. The Bertz CT molecular complexity index is 582. The largest absolute Gasteiger partial charge is 0.485 e. The SMILES string of the molecule is CSC(=NC(=S)Nc1cccc2c1OC(C)(C)C2)N(C)C. The molecule has 0 spiro atoms. The summed E-state index contributed by atoms with van der Waals surface area (Å²) in [5, 5.41) is 4.48. The maximum absolute atomic E-state index is 6.02. The maximum Gasteiger partial charge on any atom is 0.199 e. The number of nitrogens with zero attached hydrogens (tertiary/aromatic N) is 2. The van der Waals surface area contributed by atoms with Crippen molar-refractivity contribution < 1.29 is 4.74 Å². The highest BCUT2D eigenvalue weighted by molar-refractivity contribution is 8.13. The van der Waals surface area contributed by atoms with E-state index in [1.54, 1.807) is 11.8 Å². The van der Waals surface area contributed by atoms with E-state index in [-0.39, 0.29) is 5.60 Å². The van der Waals surface area contributed by atoms with E-state index < -0.39 is 0 Å². The van der Waals surface area contributed by atoms with E-state index in [9.17, 15) is 0 Å². The first-order valence-corrected chi connectivity index (χ1v) is 8.37. The molecule has 0 fully saturated rings. The fraction of sp³-hybridized carbons (Fsp3) is 0.467. The molecule has 1 aromatic rings. The first-order valence-electron chi connectivity index (χ1n) is 6.74. The standard InChI is InChI=1S/C15H21N3OS2/c1-15(2)9-10-7-6-8-11(12(10)19-15)16-13(20)17-14(21-5)18(3)4/h6-8H,9H2,1-5H3,(H,16,20). The van der Waals surface area contributed by atoms with Gasteiger partial charge in [-0.15, -0.1) is 0 Å². The molecule has 0 saturated carbocycles. The first-order chi connectivity index (χ1) is 9.82. The number of thioether (sulfide) groups is 1. The van der Waals surface area contributed by atoms with Crippen LogP contribution in [-0.4, -0.2) is 41.1 Å². The summed E-state index contributed by atoms with van der Waals surface area (Å²) in [6.07, 6.45) is 2.88. The smallest absolute Gasteiger partial charge is 0.199 e. The lowest BCUT2D eigenvalue weighted by atomic mass is 10.0. The summed E-state index contributed by atoms with van der Waals surface area (Å²) < 4.78 is 6.02. The van der Waals surface area contributed by atoms with Crippen LogP contribution in [0.3, 0.4) is 0 Å². The highest BCUT2D eigenvalue weighted by Crippen LogP contribution is 2.40. The zero-order valence-electron chi connectivity index (χ0n) is 13.1. The van der Waals surface area contributed by atoms with E-state index >= 15 is 0 Å². The average Bonchev–Trinajstić information content (AvgIpc) is 2.70. The number of anilines is 1. The normalized spacial score (nSPS) is 16.1. The van der Waals surface area contributed by atoms with Crippen LogP contribution in [0.4, 0.5) is 5.69 Å². The van der Waals surface area contributed by atoms with Gasteiger partial charge in [0.05, 0.1) is 5.69 Å². The van der Waals surface area contributed by atoms with Gasteiger partial charge in [-0.05, 0) is 38.4 Å². The van der Waals surface area contributed by atoms with Gasteiger partial charge >= 0.3 is 0 Å². The number of nitrogens with one attached hydrogen (secondary N) is 1. The number of benzene rings is 1. The minimum atomic E-state index is -0.168. The number of aliphatic imine (C=N–C) groups is 1. The van der Waals surface area contributed by atoms with Crippen molar-refractivity contribution in [2.24, 2.45) is 4.99 Å². The van der Waals surface area contributed by atoms with Crippen LogP contribution in [0.2, 0.25) is 0 Å². The number of thiocarbonyl (C=S) groups is 1. The van der Waals surface area contributed by atoms with E-state index in [0.717, 1.165) is 23.0 Å². The van der Waals surface area contributed by atoms with Gasteiger partial charge in [-0.3, -0.25) is 0 Å². The molecule has 1 heterocycles. The van der Waals surface area contributed by atoms with E-state index in [4.69, 9.17) is 17.0 Å². The fourth-order valence-electron chi connectivity index (χ4n) is 2.27. The third kappa shape index (κ3) is 3.89. The van der Waals surface area contributed by atoms with Crippen molar-refractivity contribution in [3.05, 3.63) is 23.8 Å². The van der Waals surface area contributed by atoms with Crippen LogP contribution >= 0.6 is 24.0 Å². The van der Waals surface area contributed by atoms with E-state index in [1.165, 1.54) is 5.56 Å². The van der Waals surface area contributed by atoms with Crippen LogP contribution in [-0.2, 0) is 6.42 Å². The van der Waals surface area contributed by atoms with Crippen molar-refractivity contribution in [2.75, 3.05) is 25.7 Å².